The van der Waals surface area contributed by atoms with Gasteiger partial charge in [-0.05, 0) is 19.8 Å². The van der Waals surface area contributed by atoms with Crippen molar-refractivity contribution in [3.05, 3.63) is 0 Å². The number of nitrogens with zero attached hydrogens (tertiary/aromatic N) is 2. The maximum atomic E-state index is 12.3. The van der Waals surface area contributed by atoms with E-state index in [-0.39, 0.29) is 31.4 Å². The summed E-state index contributed by atoms with van der Waals surface area (Å²) in [6.07, 6.45) is 2.09. The number of carboxylic acids is 1. The molecule has 3 amide bonds. The molecule has 0 aromatic rings. The van der Waals surface area contributed by atoms with E-state index in [1.54, 1.807) is 0 Å². The van der Waals surface area contributed by atoms with E-state index in [0.29, 0.717) is 13.0 Å². The Morgan fingerprint density at radius 1 is 1.36 bits per heavy atom. The Labute approximate surface area is 129 Å². The molecule has 1 aliphatic heterocycles. The normalized spacial score (nSPS) is 16.1. The number of piperidine rings is 1. The van der Waals surface area contributed by atoms with E-state index in [9.17, 15) is 19.2 Å². The minimum atomic E-state index is -1.12. The van der Waals surface area contributed by atoms with Crippen molar-refractivity contribution in [2.24, 2.45) is 0 Å². The quantitative estimate of drug-likeness (QED) is 0.655. The lowest BCUT2D eigenvalue weighted by Crippen LogP contribution is -2.51. The highest BCUT2D eigenvalue weighted by Crippen LogP contribution is 2.11. The van der Waals surface area contributed by atoms with Crippen molar-refractivity contribution in [2.75, 3.05) is 26.2 Å². The largest absolute Gasteiger partial charge is 0.480 e. The fourth-order valence-corrected chi connectivity index (χ4v) is 2.30. The number of hydrogen-bond acceptors (Lipinski definition) is 4. The second-order valence-corrected chi connectivity index (χ2v) is 5.36. The van der Waals surface area contributed by atoms with Crippen LogP contribution in [0.25, 0.3) is 0 Å². The summed E-state index contributed by atoms with van der Waals surface area (Å²) in [5, 5.41) is 11.6. The molecular formula is C14H23N3O5. The van der Waals surface area contributed by atoms with Crippen molar-refractivity contribution in [1.82, 2.24) is 15.1 Å². The van der Waals surface area contributed by atoms with E-state index >= 15 is 0 Å². The number of nitrogens with one attached hydrogen (secondary N) is 1. The van der Waals surface area contributed by atoms with Crippen LogP contribution in [0.4, 0.5) is 0 Å². The minimum Gasteiger partial charge on any atom is -0.480 e. The van der Waals surface area contributed by atoms with E-state index in [0.717, 1.165) is 12.8 Å². The van der Waals surface area contributed by atoms with E-state index in [1.807, 2.05) is 0 Å². The van der Waals surface area contributed by atoms with Crippen LogP contribution in [0.5, 0.6) is 0 Å². The van der Waals surface area contributed by atoms with Crippen molar-refractivity contribution in [3.63, 3.8) is 0 Å². The molecule has 1 heterocycles. The predicted molar refractivity (Wildman–Crippen MR) is 77.9 cm³/mol. The molecule has 0 spiro atoms. The first kappa shape index (κ1) is 17.9. The van der Waals surface area contributed by atoms with Crippen LogP contribution in [-0.2, 0) is 19.2 Å². The van der Waals surface area contributed by atoms with Gasteiger partial charge in [-0.25, -0.2) is 4.79 Å². The van der Waals surface area contributed by atoms with Gasteiger partial charge in [0.25, 0.3) is 0 Å². The molecule has 2 N–H and O–H groups in total. The fraction of sp³-hybridized carbons (Fsp3) is 0.714. The van der Waals surface area contributed by atoms with Crippen LogP contribution in [0.3, 0.4) is 0 Å². The monoisotopic (exact) mass is 313 g/mol. The Bertz CT molecular complexity index is 452. The average molecular weight is 313 g/mol. The zero-order valence-corrected chi connectivity index (χ0v) is 13.0. The van der Waals surface area contributed by atoms with Gasteiger partial charge in [-0.3, -0.25) is 14.4 Å². The molecule has 1 aliphatic rings. The van der Waals surface area contributed by atoms with Gasteiger partial charge in [0.05, 0.1) is 6.54 Å². The molecule has 124 valence electrons. The Morgan fingerprint density at radius 2 is 2.05 bits per heavy atom. The average Bonchev–Trinajstić information content (AvgIpc) is 2.44. The zero-order chi connectivity index (χ0) is 16.7. The van der Waals surface area contributed by atoms with Gasteiger partial charge < -0.3 is 20.2 Å². The van der Waals surface area contributed by atoms with Crippen LogP contribution in [0.1, 0.15) is 33.1 Å². The lowest BCUT2D eigenvalue weighted by Gasteiger charge is -2.31. The summed E-state index contributed by atoms with van der Waals surface area (Å²) in [5.74, 6) is -1.87. The number of hydrogen-bond donors (Lipinski definition) is 2. The van der Waals surface area contributed by atoms with Crippen LogP contribution >= 0.6 is 0 Å². The Morgan fingerprint density at radius 3 is 2.59 bits per heavy atom. The number of likely N-dealkylation sites (tertiary alicyclic amines) is 1. The molecule has 1 rings (SSSR count). The van der Waals surface area contributed by atoms with Gasteiger partial charge in [-0.2, -0.15) is 0 Å². The van der Waals surface area contributed by atoms with Crippen molar-refractivity contribution in [3.8, 4) is 0 Å². The molecule has 1 fully saturated rings. The molecule has 1 saturated heterocycles. The van der Waals surface area contributed by atoms with Crippen molar-refractivity contribution in [2.45, 2.75) is 39.2 Å². The first-order valence-electron chi connectivity index (χ1n) is 7.37. The number of amides is 3. The van der Waals surface area contributed by atoms with E-state index < -0.39 is 17.9 Å². The molecule has 0 aromatic carbocycles. The first-order valence-corrected chi connectivity index (χ1v) is 7.37. The summed E-state index contributed by atoms with van der Waals surface area (Å²) in [7, 11) is 0. The highest BCUT2D eigenvalue weighted by Gasteiger charge is 2.28. The Hall–Kier alpha value is -2.12. The van der Waals surface area contributed by atoms with E-state index in [4.69, 9.17) is 5.11 Å². The molecule has 8 heteroatoms. The van der Waals surface area contributed by atoms with Crippen molar-refractivity contribution in [1.29, 1.82) is 0 Å². The summed E-state index contributed by atoms with van der Waals surface area (Å²) in [4.78, 5) is 48.7. The number of aliphatic carboxylic acids is 1. The second-order valence-electron chi connectivity index (χ2n) is 5.36. The number of carbonyl (C=O) groups is 4. The summed E-state index contributed by atoms with van der Waals surface area (Å²) in [6, 6.07) is -1.01. The van der Waals surface area contributed by atoms with E-state index in [2.05, 4.69) is 5.32 Å². The van der Waals surface area contributed by atoms with Gasteiger partial charge in [-0.1, -0.05) is 0 Å². The third-order valence-electron chi connectivity index (χ3n) is 3.62. The third-order valence-corrected chi connectivity index (χ3v) is 3.62. The molecule has 1 atom stereocenters. The standard InChI is InChI=1S/C14H23N3O5/c1-10(14(21)22)17(8-6-15-11(2)18)13(20)9-16-7-4-3-5-12(16)19/h10H,3-9H2,1-2H3,(H,15,18)(H,21,22). The van der Waals surface area contributed by atoms with E-state index in [1.165, 1.54) is 23.6 Å². The summed E-state index contributed by atoms with van der Waals surface area (Å²) < 4.78 is 0. The molecule has 0 aliphatic carbocycles. The lowest BCUT2D eigenvalue weighted by atomic mass is 10.1. The molecular weight excluding hydrogens is 290 g/mol. The fourth-order valence-electron chi connectivity index (χ4n) is 2.30. The predicted octanol–water partition coefficient (Wildman–Crippen LogP) is -0.563. The van der Waals surface area contributed by atoms with Crippen molar-refractivity contribution < 1.29 is 24.3 Å². The summed E-state index contributed by atoms with van der Waals surface area (Å²) in [6.45, 7) is 3.42. The van der Waals surface area contributed by atoms with Gasteiger partial charge >= 0.3 is 5.97 Å². The Kier molecular flexibility index (Phi) is 6.81. The van der Waals surface area contributed by atoms with Crippen LogP contribution in [0.15, 0.2) is 0 Å². The maximum absolute atomic E-state index is 12.3. The van der Waals surface area contributed by atoms with Crippen LogP contribution < -0.4 is 5.32 Å². The molecule has 0 radical (unpaired) electrons. The third kappa shape index (κ3) is 5.34. The zero-order valence-electron chi connectivity index (χ0n) is 13.0. The van der Waals surface area contributed by atoms with Crippen LogP contribution in [0, 0.1) is 0 Å². The highest BCUT2D eigenvalue weighted by atomic mass is 16.4. The summed E-state index contributed by atoms with van der Waals surface area (Å²) >= 11 is 0. The highest BCUT2D eigenvalue weighted by molar-refractivity contribution is 5.88. The Balaban J connectivity index is 2.67. The molecule has 22 heavy (non-hydrogen) atoms. The summed E-state index contributed by atoms with van der Waals surface area (Å²) in [5.41, 5.74) is 0. The van der Waals surface area contributed by atoms with Gasteiger partial charge in [0.1, 0.15) is 6.04 Å². The molecule has 1 unspecified atom stereocenters. The molecule has 0 aromatic heterocycles. The molecule has 0 bridgehead atoms. The minimum absolute atomic E-state index is 0.0793. The SMILES string of the molecule is CC(=O)NCCN(C(=O)CN1CCCCC1=O)C(C)C(=O)O. The number of carboxylic acid groups (broad SMARTS) is 1. The maximum Gasteiger partial charge on any atom is 0.326 e. The lowest BCUT2D eigenvalue weighted by molar-refractivity contribution is -0.151. The van der Waals surface area contributed by atoms with Gasteiger partial charge in [0, 0.05) is 33.0 Å². The number of rotatable bonds is 7. The van der Waals surface area contributed by atoms with Crippen molar-refractivity contribution >= 4 is 23.7 Å². The smallest absolute Gasteiger partial charge is 0.326 e. The van der Waals surface area contributed by atoms with Gasteiger partial charge in [0.2, 0.25) is 17.7 Å². The first-order chi connectivity index (χ1) is 10.3. The molecule has 8 nitrogen and oxygen atoms in total. The second kappa shape index (κ2) is 8.35. The number of carbonyl (C=O) groups excluding carboxylic acids is 3. The topological polar surface area (TPSA) is 107 Å². The van der Waals surface area contributed by atoms with Gasteiger partial charge in [0.15, 0.2) is 0 Å². The van der Waals surface area contributed by atoms with Crippen LogP contribution in [0.2, 0.25) is 0 Å². The molecule has 0 saturated carbocycles. The van der Waals surface area contributed by atoms with Crippen LogP contribution in [-0.4, -0.2) is 70.8 Å². The van der Waals surface area contributed by atoms with Gasteiger partial charge in [-0.15, -0.1) is 0 Å².